The van der Waals surface area contributed by atoms with Crippen molar-refractivity contribution in [1.29, 1.82) is 0 Å². The highest BCUT2D eigenvalue weighted by molar-refractivity contribution is 9.10. The molecular formula is C12H13Br2N3O. The van der Waals surface area contributed by atoms with Crippen LogP contribution in [0.25, 0.3) is 0 Å². The molecule has 0 bridgehead atoms. The molecule has 0 N–H and O–H groups in total. The van der Waals surface area contributed by atoms with E-state index in [4.69, 9.17) is 4.74 Å². The van der Waals surface area contributed by atoms with E-state index in [1.165, 1.54) is 0 Å². The zero-order valence-electron chi connectivity index (χ0n) is 10.2. The summed E-state index contributed by atoms with van der Waals surface area (Å²) in [6.45, 7) is 5.33. The molecule has 0 spiro atoms. The first-order chi connectivity index (χ1) is 8.61. The topological polar surface area (TPSA) is 39.9 Å². The number of hydrogen-bond acceptors (Lipinski definition) is 3. The van der Waals surface area contributed by atoms with Gasteiger partial charge in [-0.05, 0) is 57.8 Å². The molecule has 2 heterocycles. The van der Waals surface area contributed by atoms with Crippen molar-refractivity contribution in [3.05, 3.63) is 38.8 Å². The van der Waals surface area contributed by atoms with E-state index in [1.807, 2.05) is 23.7 Å². The summed E-state index contributed by atoms with van der Waals surface area (Å²) < 4.78 is 9.45. The van der Waals surface area contributed by atoms with Gasteiger partial charge in [0.1, 0.15) is 17.0 Å². The molecule has 6 heteroatoms. The third kappa shape index (κ3) is 2.92. The first-order valence-corrected chi connectivity index (χ1v) is 7.16. The second-order valence-corrected chi connectivity index (χ2v) is 5.37. The van der Waals surface area contributed by atoms with Crippen molar-refractivity contribution in [2.75, 3.05) is 0 Å². The van der Waals surface area contributed by atoms with Crippen LogP contribution in [0.3, 0.4) is 0 Å². The lowest BCUT2D eigenvalue weighted by Crippen LogP contribution is -2.06. The molecule has 0 aliphatic rings. The van der Waals surface area contributed by atoms with Gasteiger partial charge in [-0.3, -0.25) is 4.68 Å². The smallest absolute Gasteiger partial charge is 0.138 e. The van der Waals surface area contributed by atoms with Crippen LogP contribution in [0.2, 0.25) is 0 Å². The lowest BCUT2D eigenvalue weighted by Gasteiger charge is -2.08. The number of aryl methyl sites for hydroxylation is 2. The van der Waals surface area contributed by atoms with Crippen molar-refractivity contribution in [3.63, 3.8) is 0 Å². The maximum absolute atomic E-state index is 5.71. The number of aromatic nitrogens is 3. The van der Waals surface area contributed by atoms with Gasteiger partial charge in [0.05, 0.1) is 22.1 Å². The van der Waals surface area contributed by atoms with Gasteiger partial charge >= 0.3 is 0 Å². The fourth-order valence-corrected chi connectivity index (χ4v) is 2.24. The van der Waals surface area contributed by atoms with E-state index in [-0.39, 0.29) is 0 Å². The van der Waals surface area contributed by atoms with Crippen LogP contribution in [0, 0.1) is 6.92 Å². The zero-order chi connectivity index (χ0) is 13.1. The Morgan fingerprint density at radius 1 is 1.33 bits per heavy atom. The van der Waals surface area contributed by atoms with Crippen LogP contribution >= 0.6 is 31.9 Å². The van der Waals surface area contributed by atoms with E-state index in [2.05, 4.69) is 48.9 Å². The summed E-state index contributed by atoms with van der Waals surface area (Å²) in [5.41, 5.74) is 2.02. The first-order valence-electron chi connectivity index (χ1n) is 5.58. The molecule has 4 nitrogen and oxygen atoms in total. The van der Waals surface area contributed by atoms with Crippen molar-refractivity contribution in [2.24, 2.45) is 0 Å². The lowest BCUT2D eigenvalue weighted by atomic mass is 10.4. The maximum atomic E-state index is 5.71. The summed E-state index contributed by atoms with van der Waals surface area (Å²) in [6, 6.07) is 3.73. The molecule has 2 aromatic rings. The summed E-state index contributed by atoms with van der Waals surface area (Å²) in [6.07, 6.45) is 1.69. The van der Waals surface area contributed by atoms with Crippen molar-refractivity contribution in [1.82, 2.24) is 14.8 Å². The second-order valence-electron chi connectivity index (χ2n) is 3.77. The van der Waals surface area contributed by atoms with E-state index in [0.29, 0.717) is 6.61 Å². The third-order valence-corrected chi connectivity index (χ3v) is 4.03. The van der Waals surface area contributed by atoms with Gasteiger partial charge in [-0.1, -0.05) is 0 Å². The number of halogens is 2. The Morgan fingerprint density at radius 3 is 2.72 bits per heavy atom. The highest BCUT2D eigenvalue weighted by Crippen LogP contribution is 2.23. The average Bonchev–Trinajstić information content (AvgIpc) is 2.65. The van der Waals surface area contributed by atoms with Crippen molar-refractivity contribution in [3.8, 4) is 5.75 Å². The number of nitrogens with zero attached hydrogens (tertiary/aromatic N) is 3. The van der Waals surface area contributed by atoms with E-state index in [0.717, 1.165) is 32.8 Å². The van der Waals surface area contributed by atoms with Gasteiger partial charge in [0, 0.05) is 6.54 Å². The quantitative estimate of drug-likeness (QED) is 0.766. The van der Waals surface area contributed by atoms with E-state index < -0.39 is 0 Å². The molecule has 0 aliphatic heterocycles. The molecule has 0 aliphatic carbocycles. The van der Waals surface area contributed by atoms with E-state index in [1.54, 1.807) is 6.20 Å². The molecule has 0 atom stereocenters. The highest BCUT2D eigenvalue weighted by Gasteiger charge is 2.12. The zero-order valence-corrected chi connectivity index (χ0v) is 13.3. The maximum Gasteiger partial charge on any atom is 0.138 e. The van der Waals surface area contributed by atoms with Gasteiger partial charge in [0.25, 0.3) is 0 Å². The highest BCUT2D eigenvalue weighted by atomic mass is 79.9. The molecule has 0 unspecified atom stereocenters. The van der Waals surface area contributed by atoms with E-state index in [9.17, 15) is 0 Å². The summed E-state index contributed by atoms with van der Waals surface area (Å²) in [5.74, 6) is 0.742. The van der Waals surface area contributed by atoms with Crippen LogP contribution in [-0.2, 0) is 13.2 Å². The Bertz CT molecular complexity index is 537. The van der Waals surface area contributed by atoms with Crippen LogP contribution in [0.4, 0.5) is 0 Å². The molecule has 0 radical (unpaired) electrons. The summed E-state index contributed by atoms with van der Waals surface area (Å²) in [4.78, 5) is 4.12. The fourth-order valence-electron chi connectivity index (χ4n) is 1.61. The van der Waals surface area contributed by atoms with Crippen LogP contribution in [0.1, 0.15) is 18.3 Å². The lowest BCUT2D eigenvalue weighted by molar-refractivity contribution is 0.290. The summed E-state index contributed by atoms with van der Waals surface area (Å²) in [5, 5.41) is 4.42. The Balaban J connectivity index is 2.12. The summed E-state index contributed by atoms with van der Waals surface area (Å²) >= 11 is 6.83. The van der Waals surface area contributed by atoms with Crippen LogP contribution in [-0.4, -0.2) is 14.8 Å². The number of ether oxygens (including phenoxy) is 1. The Hall–Kier alpha value is -0.880. The third-order valence-electron chi connectivity index (χ3n) is 2.53. The Kier molecular flexibility index (Phi) is 4.40. The molecule has 0 fully saturated rings. The number of pyridine rings is 1. The van der Waals surface area contributed by atoms with Gasteiger partial charge in [-0.25, -0.2) is 4.98 Å². The Labute approximate surface area is 123 Å². The second kappa shape index (κ2) is 5.84. The monoisotopic (exact) mass is 373 g/mol. The molecule has 2 aromatic heterocycles. The standard InChI is InChI=1S/C12H13Br2N3O/c1-3-17-10(12(14)8(2)16-17)7-18-9-4-5-11(13)15-6-9/h4-6H,3,7H2,1-2H3. The number of rotatable bonds is 4. The van der Waals surface area contributed by atoms with Gasteiger partial charge in [0.2, 0.25) is 0 Å². The average molecular weight is 375 g/mol. The van der Waals surface area contributed by atoms with Crippen LogP contribution < -0.4 is 4.74 Å². The Morgan fingerprint density at radius 2 is 2.11 bits per heavy atom. The molecule has 0 aromatic carbocycles. The van der Waals surface area contributed by atoms with Gasteiger partial charge in [-0.2, -0.15) is 5.10 Å². The molecule has 0 saturated carbocycles. The fraction of sp³-hybridized carbons (Fsp3) is 0.333. The van der Waals surface area contributed by atoms with Gasteiger partial charge < -0.3 is 4.74 Å². The van der Waals surface area contributed by atoms with Crippen molar-refractivity contribution >= 4 is 31.9 Å². The largest absolute Gasteiger partial charge is 0.486 e. The molecule has 0 saturated heterocycles. The predicted molar refractivity (Wildman–Crippen MR) is 76.6 cm³/mol. The molecule has 2 rings (SSSR count). The molecule has 0 amide bonds. The van der Waals surface area contributed by atoms with E-state index >= 15 is 0 Å². The minimum Gasteiger partial charge on any atom is -0.486 e. The minimum absolute atomic E-state index is 0.471. The molecule has 96 valence electrons. The van der Waals surface area contributed by atoms with Crippen molar-refractivity contribution < 1.29 is 4.74 Å². The van der Waals surface area contributed by atoms with Crippen LogP contribution in [0.5, 0.6) is 5.75 Å². The van der Waals surface area contributed by atoms with Gasteiger partial charge in [0.15, 0.2) is 0 Å². The van der Waals surface area contributed by atoms with Crippen molar-refractivity contribution in [2.45, 2.75) is 27.0 Å². The predicted octanol–water partition coefficient (Wildman–Crippen LogP) is 3.71. The molecule has 18 heavy (non-hydrogen) atoms. The molecular weight excluding hydrogens is 362 g/mol. The summed E-state index contributed by atoms with van der Waals surface area (Å²) in [7, 11) is 0. The normalized spacial score (nSPS) is 10.7. The van der Waals surface area contributed by atoms with Gasteiger partial charge in [-0.15, -0.1) is 0 Å². The van der Waals surface area contributed by atoms with Crippen LogP contribution in [0.15, 0.2) is 27.4 Å². The first kappa shape index (κ1) is 13.5. The number of hydrogen-bond donors (Lipinski definition) is 0. The minimum atomic E-state index is 0.471. The SMILES string of the molecule is CCn1nc(C)c(Br)c1COc1ccc(Br)nc1.